The Kier molecular flexibility index (Phi) is 2.23. The average Bonchev–Trinajstić information content (AvgIpc) is 2.66. The van der Waals surface area contributed by atoms with E-state index in [9.17, 15) is 0 Å². The predicted molar refractivity (Wildman–Crippen MR) is 51.3 cm³/mol. The lowest BCUT2D eigenvalue weighted by atomic mass is 10.1. The van der Waals surface area contributed by atoms with Crippen molar-refractivity contribution in [2.75, 3.05) is 0 Å². The molecule has 14 heavy (non-hydrogen) atoms. The number of oxazole rings is 1. The predicted octanol–water partition coefficient (Wildman–Crippen LogP) is 2.88. The normalized spacial score (nSPS) is 10.1. The van der Waals surface area contributed by atoms with Crippen LogP contribution in [-0.4, -0.2) is 4.98 Å². The summed E-state index contributed by atoms with van der Waals surface area (Å²) in [4.78, 5) is 3.84. The second-order valence-electron chi connectivity index (χ2n) is 3.04. The SMILES string of the molecule is Cc1cccc(Oc2nc[c]o2)c1C. The van der Waals surface area contributed by atoms with Crippen molar-refractivity contribution in [1.82, 2.24) is 4.98 Å². The van der Waals surface area contributed by atoms with Crippen molar-refractivity contribution in [1.29, 1.82) is 0 Å². The lowest BCUT2D eigenvalue weighted by molar-refractivity contribution is 0.326. The van der Waals surface area contributed by atoms with E-state index in [-0.39, 0.29) is 6.08 Å². The third-order valence-corrected chi connectivity index (χ3v) is 2.12. The Labute approximate surface area is 82.3 Å². The van der Waals surface area contributed by atoms with Crippen LogP contribution in [0.3, 0.4) is 0 Å². The highest BCUT2D eigenvalue weighted by atomic mass is 16.6. The van der Waals surface area contributed by atoms with Gasteiger partial charge in [-0.05, 0) is 31.0 Å². The molecule has 1 aromatic carbocycles. The molecule has 0 unspecified atom stereocenters. The molecule has 0 N–H and O–H groups in total. The van der Waals surface area contributed by atoms with Gasteiger partial charge in [0, 0.05) is 0 Å². The molecule has 0 spiro atoms. The van der Waals surface area contributed by atoms with Gasteiger partial charge in [-0.25, -0.2) is 0 Å². The number of nitrogens with zero attached hydrogens (tertiary/aromatic N) is 1. The Morgan fingerprint density at radius 1 is 1.36 bits per heavy atom. The van der Waals surface area contributed by atoms with E-state index in [0.29, 0.717) is 0 Å². The Morgan fingerprint density at radius 3 is 2.93 bits per heavy atom. The average molecular weight is 188 g/mol. The maximum absolute atomic E-state index is 5.42. The Balaban J connectivity index is 2.29. The van der Waals surface area contributed by atoms with Crippen LogP contribution in [0.4, 0.5) is 0 Å². The molecule has 3 nitrogen and oxygen atoms in total. The van der Waals surface area contributed by atoms with Crippen LogP contribution in [0.5, 0.6) is 11.8 Å². The molecule has 71 valence electrons. The van der Waals surface area contributed by atoms with Gasteiger partial charge >= 0.3 is 6.08 Å². The van der Waals surface area contributed by atoms with E-state index in [1.54, 1.807) is 0 Å². The zero-order valence-corrected chi connectivity index (χ0v) is 8.07. The summed E-state index contributed by atoms with van der Waals surface area (Å²) in [7, 11) is 0. The number of hydrogen-bond donors (Lipinski definition) is 0. The highest BCUT2D eigenvalue weighted by Gasteiger charge is 2.05. The van der Waals surface area contributed by atoms with Crippen LogP contribution in [0.1, 0.15) is 11.1 Å². The molecular formula is C11H10NO2. The Bertz CT molecular complexity index is 421. The van der Waals surface area contributed by atoms with E-state index in [1.165, 1.54) is 11.8 Å². The number of aromatic nitrogens is 1. The number of rotatable bonds is 2. The summed E-state index contributed by atoms with van der Waals surface area (Å²) < 4.78 is 10.3. The standard InChI is InChI=1S/C11H10NO2/c1-8-4-3-5-10(9(8)2)14-11-12-6-7-13-11/h3-6H,1-2H3. The molecule has 0 aliphatic carbocycles. The third kappa shape index (κ3) is 1.62. The summed E-state index contributed by atoms with van der Waals surface area (Å²) in [5, 5.41) is 0. The number of hydrogen-bond acceptors (Lipinski definition) is 3. The second kappa shape index (κ2) is 3.54. The van der Waals surface area contributed by atoms with Crippen LogP contribution in [0.25, 0.3) is 0 Å². The first-order chi connectivity index (χ1) is 6.77. The summed E-state index contributed by atoms with van der Waals surface area (Å²) in [5.41, 5.74) is 2.27. The zero-order valence-electron chi connectivity index (χ0n) is 8.07. The monoisotopic (exact) mass is 188 g/mol. The Hall–Kier alpha value is -1.77. The minimum atomic E-state index is 0.221. The van der Waals surface area contributed by atoms with Crippen molar-refractivity contribution < 1.29 is 9.15 Å². The fraction of sp³-hybridized carbons (Fsp3) is 0.182. The van der Waals surface area contributed by atoms with E-state index in [4.69, 9.17) is 9.15 Å². The molecule has 1 aromatic heterocycles. The van der Waals surface area contributed by atoms with Crippen LogP contribution in [0, 0.1) is 20.1 Å². The first-order valence-electron chi connectivity index (χ1n) is 4.33. The van der Waals surface area contributed by atoms with Gasteiger partial charge in [-0.1, -0.05) is 12.1 Å². The summed E-state index contributed by atoms with van der Waals surface area (Å²) >= 11 is 0. The minimum Gasteiger partial charge on any atom is -0.411 e. The van der Waals surface area contributed by atoms with Gasteiger partial charge < -0.3 is 9.15 Å². The van der Waals surface area contributed by atoms with E-state index in [2.05, 4.69) is 11.2 Å². The maximum Gasteiger partial charge on any atom is 0.399 e. The van der Waals surface area contributed by atoms with Gasteiger partial charge in [0.1, 0.15) is 5.75 Å². The van der Waals surface area contributed by atoms with Gasteiger partial charge in [0.15, 0.2) is 6.26 Å². The van der Waals surface area contributed by atoms with Crippen LogP contribution in [0.2, 0.25) is 0 Å². The lowest BCUT2D eigenvalue weighted by Crippen LogP contribution is -1.89. The molecule has 2 rings (SSSR count). The van der Waals surface area contributed by atoms with Crippen molar-refractivity contribution in [3.8, 4) is 11.8 Å². The first kappa shape index (κ1) is 8.81. The van der Waals surface area contributed by atoms with Gasteiger partial charge in [-0.3, -0.25) is 0 Å². The molecule has 0 amide bonds. The summed E-state index contributed by atoms with van der Waals surface area (Å²) in [6, 6.07) is 5.85. The number of ether oxygens (including phenoxy) is 1. The fourth-order valence-electron chi connectivity index (χ4n) is 1.16. The summed E-state index contributed by atoms with van der Waals surface area (Å²) in [5.74, 6) is 0.765. The zero-order chi connectivity index (χ0) is 9.97. The van der Waals surface area contributed by atoms with Gasteiger partial charge in [-0.15, -0.1) is 0 Å². The highest BCUT2D eigenvalue weighted by molar-refractivity contribution is 5.39. The second-order valence-corrected chi connectivity index (χ2v) is 3.04. The summed E-state index contributed by atoms with van der Waals surface area (Å²) in [6.45, 7) is 4.03. The van der Waals surface area contributed by atoms with Crippen LogP contribution in [0.15, 0.2) is 28.8 Å². The van der Waals surface area contributed by atoms with Gasteiger partial charge in [-0.2, -0.15) is 4.98 Å². The minimum absolute atomic E-state index is 0.221. The van der Waals surface area contributed by atoms with Crippen molar-refractivity contribution in [3.63, 3.8) is 0 Å². The molecule has 3 heteroatoms. The van der Waals surface area contributed by atoms with Crippen molar-refractivity contribution >= 4 is 0 Å². The molecule has 0 saturated heterocycles. The maximum atomic E-state index is 5.42. The van der Waals surface area contributed by atoms with Crippen molar-refractivity contribution in [3.05, 3.63) is 41.8 Å². The molecule has 2 aromatic rings. The van der Waals surface area contributed by atoms with E-state index in [0.717, 1.165) is 11.3 Å². The lowest BCUT2D eigenvalue weighted by Gasteiger charge is -2.06. The molecule has 0 saturated carbocycles. The van der Waals surface area contributed by atoms with Crippen molar-refractivity contribution in [2.24, 2.45) is 0 Å². The largest absolute Gasteiger partial charge is 0.411 e. The van der Waals surface area contributed by atoms with Gasteiger partial charge in [0.05, 0.1) is 6.20 Å². The third-order valence-electron chi connectivity index (χ3n) is 2.12. The van der Waals surface area contributed by atoms with Gasteiger partial charge in [0.25, 0.3) is 0 Å². The quantitative estimate of drug-likeness (QED) is 0.726. The fourth-order valence-corrected chi connectivity index (χ4v) is 1.16. The molecule has 0 fully saturated rings. The van der Waals surface area contributed by atoms with Gasteiger partial charge in [0.2, 0.25) is 0 Å². The topological polar surface area (TPSA) is 35.3 Å². The number of benzene rings is 1. The smallest absolute Gasteiger partial charge is 0.399 e. The summed E-state index contributed by atoms with van der Waals surface area (Å²) in [6.07, 6.45) is 4.12. The molecular weight excluding hydrogens is 178 g/mol. The molecule has 0 aliphatic heterocycles. The van der Waals surface area contributed by atoms with Crippen LogP contribution in [-0.2, 0) is 0 Å². The molecule has 1 radical (unpaired) electrons. The van der Waals surface area contributed by atoms with Crippen molar-refractivity contribution in [2.45, 2.75) is 13.8 Å². The highest BCUT2D eigenvalue weighted by Crippen LogP contribution is 2.25. The molecule has 0 atom stereocenters. The van der Waals surface area contributed by atoms with E-state index < -0.39 is 0 Å². The number of aryl methyl sites for hydroxylation is 1. The van der Waals surface area contributed by atoms with E-state index in [1.807, 2.05) is 32.0 Å². The van der Waals surface area contributed by atoms with E-state index >= 15 is 0 Å². The van der Waals surface area contributed by atoms with Crippen LogP contribution >= 0.6 is 0 Å². The molecule has 0 bridgehead atoms. The van der Waals surface area contributed by atoms with Crippen LogP contribution < -0.4 is 4.74 Å². The molecule has 0 aliphatic rings. The molecule has 1 heterocycles. The first-order valence-corrected chi connectivity index (χ1v) is 4.33. The Morgan fingerprint density at radius 2 is 2.21 bits per heavy atom.